The smallest absolute Gasteiger partial charge is 0.314 e. The van der Waals surface area contributed by atoms with Gasteiger partial charge in [0.2, 0.25) is 0 Å². The van der Waals surface area contributed by atoms with Crippen LogP contribution < -0.4 is 10.6 Å². The summed E-state index contributed by atoms with van der Waals surface area (Å²) in [7, 11) is 0. The van der Waals surface area contributed by atoms with Gasteiger partial charge in [0.05, 0.1) is 5.60 Å². The molecule has 2 rings (SSSR count). The van der Waals surface area contributed by atoms with E-state index in [-0.39, 0.29) is 6.03 Å². The average molecular weight is 326 g/mol. The second-order valence-electron chi connectivity index (χ2n) is 7.02. The van der Waals surface area contributed by atoms with Crippen LogP contribution in [0, 0.1) is 0 Å². The summed E-state index contributed by atoms with van der Waals surface area (Å²) in [6.07, 6.45) is 5.86. The number of hydrogen-bond donors (Lipinski definition) is 3. The maximum absolute atomic E-state index is 11.7. The van der Waals surface area contributed by atoms with E-state index in [1.807, 2.05) is 0 Å². The van der Waals surface area contributed by atoms with Crippen molar-refractivity contribution in [1.29, 1.82) is 0 Å². The average Bonchev–Trinajstić information content (AvgIpc) is 3.00. The second kappa shape index (κ2) is 9.45. The molecule has 6 nitrogen and oxygen atoms in total. The van der Waals surface area contributed by atoms with Crippen molar-refractivity contribution in [2.45, 2.75) is 51.0 Å². The monoisotopic (exact) mass is 326 g/mol. The zero-order chi connectivity index (χ0) is 16.5. The van der Waals surface area contributed by atoms with Crippen molar-refractivity contribution in [3.63, 3.8) is 0 Å². The Kier molecular flexibility index (Phi) is 7.59. The van der Waals surface area contributed by atoms with E-state index in [2.05, 4.69) is 27.4 Å². The lowest BCUT2D eigenvalue weighted by atomic mass is 10.0. The SMILES string of the molecule is CCN1CCN(CCCCNC(=O)NCC2(O)CCCC2)CC1. The number of nitrogens with zero attached hydrogens (tertiary/aromatic N) is 2. The minimum atomic E-state index is -0.669. The lowest BCUT2D eigenvalue weighted by molar-refractivity contribution is 0.0501. The zero-order valence-corrected chi connectivity index (χ0v) is 14.6. The van der Waals surface area contributed by atoms with E-state index >= 15 is 0 Å². The molecular formula is C17H34N4O2. The van der Waals surface area contributed by atoms with Crippen molar-refractivity contribution in [1.82, 2.24) is 20.4 Å². The summed E-state index contributed by atoms with van der Waals surface area (Å²) in [6.45, 7) is 10.3. The Morgan fingerprint density at radius 2 is 1.70 bits per heavy atom. The van der Waals surface area contributed by atoms with Crippen LogP contribution in [0.2, 0.25) is 0 Å². The van der Waals surface area contributed by atoms with Gasteiger partial charge in [0.15, 0.2) is 0 Å². The summed E-state index contributed by atoms with van der Waals surface area (Å²) >= 11 is 0. The molecule has 0 unspecified atom stereocenters. The zero-order valence-electron chi connectivity index (χ0n) is 14.6. The molecule has 134 valence electrons. The third kappa shape index (κ3) is 6.65. The molecule has 1 aliphatic carbocycles. The van der Waals surface area contributed by atoms with Gasteiger partial charge in [-0.3, -0.25) is 0 Å². The summed E-state index contributed by atoms with van der Waals surface area (Å²) < 4.78 is 0. The van der Waals surface area contributed by atoms with Crippen LogP contribution in [-0.2, 0) is 0 Å². The van der Waals surface area contributed by atoms with Gasteiger partial charge in [-0.15, -0.1) is 0 Å². The van der Waals surface area contributed by atoms with Gasteiger partial charge in [-0.1, -0.05) is 19.8 Å². The van der Waals surface area contributed by atoms with E-state index in [0.29, 0.717) is 13.1 Å². The predicted octanol–water partition coefficient (Wildman–Crippen LogP) is 1.01. The Bertz CT molecular complexity index is 351. The van der Waals surface area contributed by atoms with Gasteiger partial charge < -0.3 is 25.5 Å². The lowest BCUT2D eigenvalue weighted by Gasteiger charge is -2.33. The molecule has 0 aromatic carbocycles. The Hall–Kier alpha value is -0.850. The van der Waals surface area contributed by atoms with Gasteiger partial charge in [-0.2, -0.15) is 0 Å². The lowest BCUT2D eigenvalue weighted by Crippen LogP contribution is -2.46. The molecule has 0 radical (unpaired) electrons. The summed E-state index contributed by atoms with van der Waals surface area (Å²) in [5.74, 6) is 0. The summed E-state index contributed by atoms with van der Waals surface area (Å²) in [6, 6.07) is -0.151. The molecule has 2 aliphatic rings. The van der Waals surface area contributed by atoms with Gasteiger partial charge in [-0.05, 0) is 38.8 Å². The van der Waals surface area contributed by atoms with Crippen LogP contribution in [-0.4, -0.2) is 78.9 Å². The molecule has 2 fully saturated rings. The number of nitrogens with one attached hydrogen (secondary N) is 2. The maximum Gasteiger partial charge on any atom is 0.314 e. The molecule has 0 bridgehead atoms. The Morgan fingerprint density at radius 3 is 2.35 bits per heavy atom. The van der Waals surface area contributed by atoms with Gasteiger partial charge in [0.25, 0.3) is 0 Å². The van der Waals surface area contributed by atoms with E-state index < -0.39 is 5.60 Å². The van der Waals surface area contributed by atoms with Crippen LogP contribution in [0.15, 0.2) is 0 Å². The first-order valence-corrected chi connectivity index (χ1v) is 9.30. The normalized spacial score (nSPS) is 22.2. The topological polar surface area (TPSA) is 67.8 Å². The highest BCUT2D eigenvalue weighted by atomic mass is 16.3. The first-order valence-electron chi connectivity index (χ1n) is 9.30. The van der Waals surface area contributed by atoms with E-state index in [4.69, 9.17) is 0 Å². The minimum Gasteiger partial charge on any atom is -0.388 e. The fraction of sp³-hybridized carbons (Fsp3) is 0.941. The third-order valence-corrected chi connectivity index (χ3v) is 5.21. The number of hydrogen-bond acceptors (Lipinski definition) is 4. The fourth-order valence-corrected chi connectivity index (χ4v) is 3.51. The number of piperazine rings is 1. The molecule has 0 atom stereocenters. The van der Waals surface area contributed by atoms with Crippen LogP contribution in [0.25, 0.3) is 0 Å². The van der Waals surface area contributed by atoms with Crippen LogP contribution in [0.4, 0.5) is 4.79 Å². The standard InChI is InChI=1S/C17H34N4O2/c1-2-20-11-13-21(14-12-20)10-6-5-9-18-16(22)19-15-17(23)7-3-4-8-17/h23H,2-15H2,1H3,(H2,18,19,22). The van der Waals surface area contributed by atoms with E-state index in [0.717, 1.165) is 51.6 Å². The minimum absolute atomic E-state index is 0.151. The molecule has 0 spiro atoms. The van der Waals surface area contributed by atoms with Crippen molar-refractivity contribution >= 4 is 6.03 Å². The molecule has 6 heteroatoms. The predicted molar refractivity (Wildman–Crippen MR) is 92.6 cm³/mol. The van der Waals surface area contributed by atoms with Gasteiger partial charge in [0, 0.05) is 39.3 Å². The first kappa shape index (κ1) is 18.5. The largest absolute Gasteiger partial charge is 0.388 e. The number of rotatable bonds is 8. The number of carbonyl (C=O) groups excluding carboxylic acids is 1. The molecule has 2 amide bonds. The first-order chi connectivity index (χ1) is 11.1. The number of urea groups is 1. The van der Waals surface area contributed by atoms with Crippen molar-refractivity contribution in [2.75, 3.05) is 52.4 Å². The molecule has 1 saturated carbocycles. The third-order valence-electron chi connectivity index (χ3n) is 5.21. The van der Waals surface area contributed by atoms with Crippen molar-refractivity contribution in [2.24, 2.45) is 0 Å². The van der Waals surface area contributed by atoms with Gasteiger partial charge in [-0.25, -0.2) is 4.79 Å². The van der Waals surface area contributed by atoms with Crippen LogP contribution >= 0.6 is 0 Å². The highest BCUT2D eigenvalue weighted by Crippen LogP contribution is 2.28. The highest BCUT2D eigenvalue weighted by molar-refractivity contribution is 5.73. The number of amides is 2. The number of aliphatic hydroxyl groups is 1. The summed E-state index contributed by atoms with van der Waals surface area (Å²) in [5.41, 5.74) is -0.669. The molecule has 23 heavy (non-hydrogen) atoms. The Labute approximate surface area is 140 Å². The molecule has 1 heterocycles. The van der Waals surface area contributed by atoms with Crippen LogP contribution in [0.3, 0.4) is 0 Å². The molecule has 3 N–H and O–H groups in total. The number of unbranched alkanes of at least 4 members (excludes halogenated alkanes) is 1. The van der Waals surface area contributed by atoms with Crippen LogP contribution in [0.5, 0.6) is 0 Å². The van der Waals surface area contributed by atoms with Crippen molar-refractivity contribution in [3.05, 3.63) is 0 Å². The second-order valence-corrected chi connectivity index (χ2v) is 7.02. The molecule has 1 aliphatic heterocycles. The molecule has 0 aromatic rings. The Balaban J connectivity index is 1.45. The summed E-state index contributed by atoms with van der Waals surface area (Å²) in [4.78, 5) is 16.7. The Morgan fingerprint density at radius 1 is 1.04 bits per heavy atom. The molecule has 1 saturated heterocycles. The number of likely N-dealkylation sites (N-methyl/N-ethyl adjacent to an activating group) is 1. The van der Waals surface area contributed by atoms with Crippen LogP contribution in [0.1, 0.15) is 45.4 Å². The van der Waals surface area contributed by atoms with E-state index in [9.17, 15) is 9.90 Å². The van der Waals surface area contributed by atoms with E-state index in [1.165, 1.54) is 26.2 Å². The highest BCUT2D eigenvalue weighted by Gasteiger charge is 2.31. The maximum atomic E-state index is 11.7. The van der Waals surface area contributed by atoms with Crippen molar-refractivity contribution in [3.8, 4) is 0 Å². The van der Waals surface area contributed by atoms with E-state index in [1.54, 1.807) is 0 Å². The summed E-state index contributed by atoms with van der Waals surface area (Å²) in [5, 5.41) is 15.9. The number of carbonyl (C=O) groups is 1. The fourth-order valence-electron chi connectivity index (χ4n) is 3.51. The molecular weight excluding hydrogens is 292 g/mol. The molecule has 0 aromatic heterocycles. The van der Waals surface area contributed by atoms with Crippen molar-refractivity contribution < 1.29 is 9.90 Å². The van der Waals surface area contributed by atoms with Gasteiger partial charge in [0.1, 0.15) is 0 Å². The van der Waals surface area contributed by atoms with Gasteiger partial charge >= 0.3 is 6.03 Å². The quantitative estimate of drug-likeness (QED) is 0.582.